The summed E-state index contributed by atoms with van der Waals surface area (Å²) in [6.07, 6.45) is 1.28. The van der Waals surface area contributed by atoms with Crippen LogP contribution in [0.5, 0.6) is 0 Å². The molecule has 208 valence electrons. The average molecular weight is 560 g/mol. The van der Waals surface area contributed by atoms with Crippen LogP contribution in [0.1, 0.15) is 51.5 Å². The molecule has 2 N–H and O–H groups in total. The molecule has 2 amide bonds. The smallest absolute Gasteiger partial charge is 0.292 e. The number of aromatic nitrogens is 2. The number of rotatable bonds is 9. The Bertz CT molecular complexity index is 1650. The van der Waals surface area contributed by atoms with Crippen molar-refractivity contribution in [2.45, 2.75) is 20.4 Å². The maximum atomic E-state index is 13.3. The number of halogens is 2. The number of carbonyl (C=O) groups is 2. The quantitative estimate of drug-likeness (QED) is 0.177. The summed E-state index contributed by atoms with van der Waals surface area (Å²) in [6, 6.07) is 16.7. The molecule has 0 saturated carbocycles. The fourth-order valence-corrected chi connectivity index (χ4v) is 3.71. The van der Waals surface area contributed by atoms with Gasteiger partial charge < -0.3 is 4.57 Å². The van der Waals surface area contributed by atoms with E-state index >= 15 is 0 Å². The monoisotopic (exact) mass is 559 g/mol. The Morgan fingerprint density at radius 2 is 1.32 bits per heavy atom. The predicted molar refractivity (Wildman–Crippen MR) is 147 cm³/mol. The normalized spacial score (nSPS) is 11.7. The Balaban J connectivity index is 1.61. The van der Waals surface area contributed by atoms with Crippen molar-refractivity contribution in [1.82, 2.24) is 20.4 Å². The second-order valence-electron chi connectivity index (χ2n) is 8.78. The standard InChI is InChI=1S/C28H23F2N7O4/c1-17(20-5-9-22(29)10-6-20)32-34-27(38)25-26(28(39)35-33-18(2)21-7-11-23(30)12-8-21)36(16-31-25)15-19-3-13-24(14-4-19)37(40)41/h3-14,16H,15H2,1-2H3,(H,34,38)(H,35,39)/b32-17+,33-18+. The predicted octanol–water partition coefficient (Wildman–Crippen LogP) is 4.43. The molecule has 0 fully saturated rings. The van der Waals surface area contributed by atoms with E-state index in [1.54, 1.807) is 13.8 Å². The van der Waals surface area contributed by atoms with Gasteiger partial charge in [0.25, 0.3) is 17.5 Å². The Morgan fingerprint density at radius 3 is 1.80 bits per heavy atom. The van der Waals surface area contributed by atoms with Gasteiger partial charge in [-0.2, -0.15) is 10.2 Å². The summed E-state index contributed by atoms with van der Waals surface area (Å²) in [4.78, 5) is 40.9. The van der Waals surface area contributed by atoms with Gasteiger partial charge in [0.1, 0.15) is 17.3 Å². The zero-order valence-electron chi connectivity index (χ0n) is 21.8. The molecule has 0 atom stereocenters. The maximum Gasteiger partial charge on any atom is 0.292 e. The van der Waals surface area contributed by atoms with Gasteiger partial charge in [-0.15, -0.1) is 0 Å². The highest BCUT2D eigenvalue weighted by Gasteiger charge is 2.24. The Labute approximate surface area is 232 Å². The number of amides is 2. The summed E-state index contributed by atoms with van der Waals surface area (Å²) >= 11 is 0. The van der Waals surface area contributed by atoms with Crippen LogP contribution in [0.25, 0.3) is 0 Å². The molecule has 3 aromatic carbocycles. The van der Waals surface area contributed by atoms with Crippen LogP contribution in [0.4, 0.5) is 14.5 Å². The maximum absolute atomic E-state index is 13.3. The minimum Gasteiger partial charge on any atom is -0.321 e. The van der Waals surface area contributed by atoms with Gasteiger partial charge in [-0.05, 0) is 54.8 Å². The molecule has 1 heterocycles. The second-order valence-corrected chi connectivity index (χ2v) is 8.78. The molecule has 0 radical (unpaired) electrons. The summed E-state index contributed by atoms with van der Waals surface area (Å²) in [5.41, 5.74) is 6.74. The van der Waals surface area contributed by atoms with E-state index in [1.807, 2.05) is 0 Å². The molecule has 0 unspecified atom stereocenters. The summed E-state index contributed by atoms with van der Waals surface area (Å²) in [6.45, 7) is 3.28. The minimum absolute atomic E-state index is 0.0551. The molecule has 0 bridgehead atoms. The molecule has 11 nitrogen and oxygen atoms in total. The molecule has 4 rings (SSSR count). The lowest BCUT2D eigenvalue weighted by molar-refractivity contribution is -0.384. The van der Waals surface area contributed by atoms with Crippen molar-refractivity contribution in [3.63, 3.8) is 0 Å². The number of hydrazone groups is 2. The van der Waals surface area contributed by atoms with Crippen LogP contribution < -0.4 is 10.9 Å². The average Bonchev–Trinajstić information content (AvgIpc) is 3.39. The fourth-order valence-electron chi connectivity index (χ4n) is 3.71. The first-order chi connectivity index (χ1) is 19.6. The van der Waals surface area contributed by atoms with Crippen molar-refractivity contribution >= 4 is 28.9 Å². The number of hydrogen-bond acceptors (Lipinski definition) is 7. The van der Waals surface area contributed by atoms with Crippen molar-refractivity contribution in [3.8, 4) is 0 Å². The number of imidazole rings is 1. The third-order valence-corrected chi connectivity index (χ3v) is 5.94. The van der Waals surface area contributed by atoms with Crippen LogP contribution in [0.3, 0.4) is 0 Å². The minimum atomic E-state index is -0.793. The van der Waals surface area contributed by atoms with Crippen LogP contribution >= 0.6 is 0 Å². The van der Waals surface area contributed by atoms with Gasteiger partial charge in [-0.3, -0.25) is 19.7 Å². The highest BCUT2D eigenvalue weighted by atomic mass is 19.1. The summed E-state index contributed by atoms with van der Waals surface area (Å²) in [7, 11) is 0. The zero-order valence-corrected chi connectivity index (χ0v) is 21.8. The van der Waals surface area contributed by atoms with Gasteiger partial charge in [0.05, 0.1) is 22.7 Å². The lowest BCUT2D eigenvalue weighted by Gasteiger charge is -2.10. The van der Waals surface area contributed by atoms with Crippen molar-refractivity contribution in [1.29, 1.82) is 0 Å². The van der Waals surface area contributed by atoms with E-state index in [1.165, 1.54) is 83.7 Å². The van der Waals surface area contributed by atoms with E-state index in [-0.39, 0.29) is 23.6 Å². The van der Waals surface area contributed by atoms with Crippen molar-refractivity contribution < 1.29 is 23.3 Å². The molecule has 1 aromatic heterocycles. The summed E-state index contributed by atoms with van der Waals surface area (Å²) in [5, 5.41) is 19.1. The molecular formula is C28H23F2N7O4. The van der Waals surface area contributed by atoms with E-state index < -0.39 is 28.4 Å². The van der Waals surface area contributed by atoms with Crippen LogP contribution in [-0.4, -0.2) is 37.7 Å². The Morgan fingerprint density at radius 1 is 0.829 bits per heavy atom. The zero-order chi connectivity index (χ0) is 29.5. The van der Waals surface area contributed by atoms with E-state index in [4.69, 9.17) is 0 Å². The van der Waals surface area contributed by atoms with E-state index in [0.717, 1.165) is 0 Å². The van der Waals surface area contributed by atoms with Crippen LogP contribution in [0.15, 0.2) is 89.3 Å². The molecule has 0 aliphatic rings. The molecule has 0 aliphatic carbocycles. The topological polar surface area (TPSA) is 144 Å². The molecule has 0 aliphatic heterocycles. The molecule has 0 saturated heterocycles. The van der Waals surface area contributed by atoms with Crippen LogP contribution in [-0.2, 0) is 6.54 Å². The third kappa shape index (κ3) is 7.09. The lowest BCUT2D eigenvalue weighted by atomic mass is 10.1. The van der Waals surface area contributed by atoms with E-state index in [9.17, 15) is 28.5 Å². The Kier molecular flexibility index (Phi) is 8.67. The number of carbonyl (C=O) groups excluding carboxylic acids is 2. The van der Waals surface area contributed by atoms with Gasteiger partial charge in [-0.1, -0.05) is 36.4 Å². The molecular weight excluding hydrogens is 536 g/mol. The number of benzene rings is 3. The SMILES string of the molecule is C/C(=N\NC(=O)c1ncn(Cc2ccc([N+](=O)[O-])cc2)c1C(=O)N/N=C(\C)c1ccc(F)cc1)c1ccc(F)cc1. The molecule has 41 heavy (non-hydrogen) atoms. The Hall–Kier alpha value is -5.59. The van der Waals surface area contributed by atoms with Crippen LogP contribution in [0.2, 0.25) is 0 Å². The number of nitro groups is 1. The van der Waals surface area contributed by atoms with Gasteiger partial charge in [-0.25, -0.2) is 24.6 Å². The first-order valence-electron chi connectivity index (χ1n) is 12.1. The van der Waals surface area contributed by atoms with E-state index in [0.29, 0.717) is 28.1 Å². The second kappa shape index (κ2) is 12.5. The van der Waals surface area contributed by atoms with Crippen molar-refractivity contribution in [2.24, 2.45) is 10.2 Å². The van der Waals surface area contributed by atoms with Gasteiger partial charge in [0.15, 0.2) is 5.69 Å². The van der Waals surface area contributed by atoms with Gasteiger partial charge >= 0.3 is 0 Å². The molecule has 4 aromatic rings. The third-order valence-electron chi connectivity index (χ3n) is 5.94. The number of non-ortho nitro benzene ring substituents is 1. The molecule has 0 spiro atoms. The number of hydrogen-bond donors (Lipinski definition) is 2. The molecule has 13 heteroatoms. The van der Waals surface area contributed by atoms with Gasteiger partial charge in [0.2, 0.25) is 0 Å². The highest BCUT2D eigenvalue weighted by molar-refractivity contribution is 6.07. The fraction of sp³-hybridized carbons (Fsp3) is 0.107. The summed E-state index contributed by atoms with van der Waals surface area (Å²) < 4.78 is 27.9. The van der Waals surface area contributed by atoms with Gasteiger partial charge in [0, 0.05) is 18.7 Å². The summed E-state index contributed by atoms with van der Waals surface area (Å²) in [5.74, 6) is -2.40. The van der Waals surface area contributed by atoms with Crippen molar-refractivity contribution in [2.75, 3.05) is 0 Å². The first-order valence-corrected chi connectivity index (χ1v) is 12.1. The van der Waals surface area contributed by atoms with E-state index in [2.05, 4.69) is 26.0 Å². The number of nitrogens with zero attached hydrogens (tertiary/aromatic N) is 5. The van der Waals surface area contributed by atoms with Crippen LogP contribution in [0, 0.1) is 21.7 Å². The lowest BCUT2D eigenvalue weighted by Crippen LogP contribution is -2.28. The largest absolute Gasteiger partial charge is 0.321 e. The number of nitrogens with one attached hydrogen (secondary N) is 2. The number of nitro benzene ring substituents is 1. The van der Waals surface area contributed by atoms with Crippen molar-refractivity contribution in [3.05, 3.63) is 129 Å². The highest BCUT2D eigenvalue weighted by Crippen LogP contribution is 2.16. The first kappa shape index (κ1) is 28.4.